The number of anilines is 2. The van der Waals surface area contributed by atoms with Gasteiger partial charge in [-0.15, -0.1) is 0 Å². The summed E-state index contributed by atoms with van der Waals surface area (Å²) in [6, 6.07) is 20.1. The van der Waals surface area contributed by atoms with Gasteiger partial charge in [-0.25, -0.2) is 0 Å². The molecule has 0 unspecified atom stereocenters. The van der Waals surface area contributed by atoms with Gasteiger partial charge in [0.1, 0.15) is 17.1 Å². The fraction of sp³-hybridized carbons (Fsp3) is 0.200. The Kier molecular flexibility index (Phi) is 5.89. The third-order valence-electron chi connectivity index (χ3n) is 5.38. The van der Waals surface area contributed by atoms with E-state index < -0.39 is 0 Å². The zero-order chi connectivity index (χ0) is 21.8. The molecule has 0 fully saturated rings. The van der Waals surface area contributed by atoms with E-state index in [4.69, 9.17) is 9.47 Å². The molecule has 1 N–H and O–H groups in total. The third kappa shape index (κ3) is 4.10. The topological polar surface area (TPSA) is 67.9 Å². The fourth-order valence-corrected chi connectivity index (χ4v) is 3.89. The van der Waals surface area contributed by atoms with E-state index in [0.717, 1.165) is 24.1 Å². The highest BCUT2D eigenvalue weighted by Crippen LogP contribution is 2.33. The zero-order valence-corrected chi connectivity index (χ0v) is 17.6. The van der Waals surface area contributed by atoms with Crippen molar-refractivity contribution in [2.24, 2.45) is 0 Å². The molecule has 1 aliphatic heterocycles. The Balaban J connectivity index is 1.59. The molecule has 3 aromatic rings. The van der Waals surface area contributed by atoms with Gasteiger partial charge < -0.3 is 19.7 Å². The monoisotopic (exact) mass is 416 g/mol. The summed E-state index contributed by atoms with van der Waals surface area (Å²) in [6.07, 6.45) is 1.71. The molecule has 1 aliphatic rings. The first kappa shape index (κ1) is 20.5. The highest BCUT2D eigenvalue weighted by atomic mass is 16.5. The predicted molar refractivity (Wildman–Crippen MR) is 120 cm³/mol. The highest BCUT2D eigenvalue weighted by molar-refractivity contribution is 6.09. The van der Waals surface area contributed by atoms with Crippen molar-refractivity contribution in [3.05, 3.63) is 83.4 Å². The van der Waals surface area contributed by atoms with E-state index in [1.54, 1.807) is 18.2 Å². The number of nitrogens with zero attached hydrogens (tertiary/aromatic N) is 1. The van der Waals surface area contributed by atoms with E-state index in [9.17, 15) is 9.59 Å². The smallest absolute Gasteiger partial charge is 0.263 e. The molecule has 0 saturated carbocycles. The first-order chi connectivity index (χ1) is 15.1. The number of rotatable bonds is 5. The second-order valence-corrected chi connectivity index (χ2v) is 7.26. The molecule has 4 rings (SSSR count). The molecule has 6 heteroatoms. The summed E-state index contributed by atoms with van der Waals surface area (Å²) in [5.41, 5.74) is 3.57. The van der Waals surface area contributed by atoms with Gasteiger partial charge in [0.05, 0.1) is 14.2 Å². The van der Waals surface area contributed by atoms with E-state index in [1.807, 2.05) is 53.4 Å². The van der Waals surface area contributed by atoms with Gasteiger partial charge in [-0.05, 0) is 60.9 Å². The van der Waals surface area contributed by atoms with Gasteiger partial charge >= 0.3 is 0 Å². The molecule has 0 aromatic heterocycles. The highest BCUT2D eigenvalue weighted by Gasteiger charge is 2.24. The van der Waals surface area contributed by atoms with Crippen molar-refractivity contribution in [2.75, 3.05) is 31.0 Å². The van der Waals surface area contributed by atoms with Crippen LogP contribution in [0.3, 0.4) is 0 Å². The van der Waals surface area contributed by atoms with E-state index in [1.165, 1.54) is 14.2 Å². The van der Waals surface area contributed by atoms with Crippen LogP contribution in [0.15, 0.2) is 66.7 Å². The molecule has 0 atom stereocenters. The van der Waals surface area contributed by atoms with Crippen molar-refractivity contribution < 1.29 is 19.1 Å². The zero-order valence-electron chi connectivity index (χ0n) is 17.6. The Hall–Kier alpha value is -3.80. The molecule has 0 aliphatic carbocycles. The quantitative estimate of drug-likeness (QED) is 0.663. The number of aryl methyl sites for hydroxylation is 1. The van der Waals surface area contributed by atoms with Gasteiger partial charge in [-0.1, -0.05) is 24.3 Å². The van der Waals surface area contributed by atoms with Crippen LogP contribution in [-0.2, 0) is 6.42 Å². The Labute approximate surface area is 181 Å². The van der Waals surface area contributed by atoms with E-state index >= 15 is 0 Å². The van der Waals surface area contributed by atoms with Crippen molar-refractivity contribution >= 4 is 23.2 Å². The normalized spacial score (nSPS) is 12.6. The van der Waals surface area contributed by atoms with Crippen molar-refractivity contribution in [3.8, 4) is 11.5 Å². The number of amides is 2. The van der Waals surface area contributed by atoms with Gasteiger partial charge in [0.15, 0.2) is 0 Å². The molecule has 0 spiro atoms. The number of ether oxygens (including phenoxy) is 2. The maximum Gasteiger partial charge on any atom is 0.263 e. The Morgan fingerprint density at radius 2 is 1.61 bits per heavy atom. The first-order valence-electron chi connectivity index (χ1n) is 10.1. The summed E-state index contributed by atoms with van der Waals surface area (Å²) >= 11 is 0. The lowest BCUT2D eigenvalue weighted by Crippen LogP contribution is -2.35. The van der Waals surface area contributed by atoms with Crippen LogP contribution in [0.5, 0.6) is 11.5 Å². The van der Waals surface area contributed by atoms with Crippen molar-refractivity contribution in [3.63, 3.8) is 0 Å². The van der Waals surface area contributed by atoms with Gasteiger partial charge in [0, 0.05) is 23.5 Å². The van der Waals surface area contributed by atoms with Crippen molar-refractivity contribution in [2.45, 2.75) is 12.8 Å². The summed E-state index contributed by atoms with van der Waals surface area (Å²) in [7, 11) is 3.03. The lowest BCUT2D eigenvalue weighted by atomic mass is 9.99. The van der Waals surface area contributed by atoms with Crippen molar-refractivity contribution in [1.82, 2.24) is 0 Å². The number of methoxy groups -OCH3 is 2. The Morgan fingerprint density at radius 1 is 0.903 bits per heavy atom. The number of carbonyl (C=O) groups is 2. The number of hydrogen-bond donors (Lipinski definition) is 1. The minimum absolute atomic E-state index is 0.0166. The number of hydrogen-bond acceptors (Lipinski definition) is 4. The molecule has 0 bridgehead atoms. The van der Waals surface area contributed by atoms with Gasteiger partial charge in [-0.3, -0.25) is 9.59 Å². The van der Waals surface area contributed by atoms with Crippen LogP contribution in [0, 0.1) is 0 Å². The number of nitrogens with one attached hydrogen (secondary N) is 1. The molecule has 158 valence electrons. The second-order valence-electron chi connectivity index (χ2n) is 7.26. The molecule has 31 heavy (non-hydrogen) atoms. The van der Waals surface area contributed by atoms with Gasteiger partial charge in [-0.2, -0.15) is 0 Å². The molecular weight excluding hydrogens is 392 g/mol. The molecule has 0 radical (unpaired) electrons. The lowest BCUT2D eigenvalue weighted by Gasteiger charge is -2.30. The van der Waals surface area contributed by atoms with Crippen LogP contribution in [0.2, 0.25) is 0 Å². The van der Waals surface area contributed by atoms with E-state index in [2.05, 4.69) is 5.32 Å². The van der Waals surface area contributed by atoms with Crippen LogP contribution in [0.1, 0.15) is 32.7 Å². The van der Waals surface area contributed by atoms with Gasteiger partial charge in [0.25, 0.3) is 11.8 Å². The third-order valence-corrected chi connectivity index (χ3v) is 5.38. The number of fused-ring (bicyclic) bond motifs is 1. The van der Waals surface area contributed by atoms with Crippen LogP contribution >= 0.6 is 0 Å². The summed E-state index contributed by atoms with van der Waals surface area (Å²) < 4.78 is 10.7. The Bertz CT molecular complexity index is 1090. The summed E-state index contributed by atoms with van der Waals surface area (Å²) in [5.74, 6) is 0.545. The summed E-state index contributed by atoms with van der Waals surface area (Å²) in [6.45, 7) is 0.671. The molecule has 3 aromatic carbocycles. The molecular formula is C25H24N2O4. The standard InChI is InChI=1S/C25H24N2O4/c1-30-21-11-6-12-22(31-2)23(21)24(28)26-19-13-14-20-18(16-19)10-7-15-27(20)25(29)17-8-4-3-5-9-17/h3-6,8-9,11-14,16H,7,10,15H2,1-2H3,(H,26,28). The summed E-state index contributed by atoms with van der Waals surface area (Å²) in [5, 5.41) is 2.93. The maximum atomic E-state index is 13.0. The van der Waals surface area contributed by atoms with Gasteiger partial charge in [0.2, 0.25) is 0 Å². The van der Waals surface area contributed by atoms with Crippen LogP contribution in [0.4, 0.5) is 11.4 Å². The van der Waals surface area contributed by atoms with E-state index in [0.29, 0.717) is 34.9 Å². The summed E-state index contributed by atoms with van der Waals surface area (Å²) in [4.78, 5) is 27.8. The number of benzene rings is 3. The predicted octanol–water partition coefficient (Wildman–Crippen LogP) is 4.55. The molecule has 0 saturated heterocycles. The maximum absolute atomic E-state index is 13.0. The molecule has 2 amide bonds. The minimum Gasteiger partial charge on any atom is -0.496 e. The van der Waals surface area contributed by atoms with Crippen LogP contribution in [-0.4, -0.2) is 32.6 Å². The van der Waals surface area contributed by atoms with Crippen LogP contribution in [0.25, 0.3) is 0 Å². The first-order valence-corrected chi connectivity index (χ1v) is 10.1. The molecule has 1 heterocycles. The SMILES string of the molecule is COc1cccc(OC)c1C(=O)Nc1ccc2c(c1)CCCN2C(=O)c1ccccc1. The largest absolute Gasteiger partial charge is 0.496 e. The van der Waals surface area contributed by atoms with Crippen molar-refractivity contribution in [1.29, 1.82) is 0 Å². The molecule has 6 nitrogen and oxygen atoms in total. The average molecular weight is 416 g/mol. The Morgan fingerprint density at radius 3 is 2.29 bits per heavy atom. The number of carbonyl (C=O) groups excluding carboxylic acids is 2. The minimum atomic E-state index is -0.317. The van der Waals surface area contributed by atoms with Crippen LogP contribution < -0.4 is 19.7 Å². The van der Waals surface area contributed by atoms with E-state index in [-0.39, 0.29) is 11.8 Å². The fourth-order valence-electron chi connectivity index (χ4n) is 3.89. The second kappa shape index (κ2) is 8.92. The lowest BCUT2D eigenvalue weighted by molar-refractivity contribution is 0.0983. The average Bonchev–Trinajstić information content (AvgIpc) is 2.82.